The van der Waals surface area contributed by atoms with E-state index in [0.29, 0.717) is 18.5 Å². The van der Waals surface area contributed by atoms with Gasteiger partial charge in [-0.3, -0.25) is 9.89 Å². The summed E-state index contributed by atoms with van der Waals surface area (Å²) in [4.78, 5) is 19.2. The number of hydrogen-bond donors (Lipinski definition) is 1. The van der Waals surface area contributed by atoms with E-state index in [0.717, 1.165) is 34.9 Å². The summed E-state index contributed by atoms with van der Waals surface area (Å²) in [5.74, 6) is -1.62. The number of aromatic nitrogens is 4. The third-order valence-corrected chi connectivity index (χ3v) is 5.70. The van der Waals surface area contributed by atoms with Gasteiger partial charge in [0.1, 0.15) is 23.0 Å². The minimum Gasteiger partial charge on any atom is -0.331 e. The van der Waals surface area contributed by atoms with Crippen molar-refractivity contribution in [2.75, 3.05) is 0 Å². The van der Waals surface area contributed by atoms with E-state index in [9.17, 15) is 13.6 Å². The number of nitrogens with one attached hydrogen (secondary N) is 1. The van der Waals surface area contributed by atoms with Crippen LogP contribution in [0.3, 0.4) is 0 Å². The maximum atomic E-state index is 14.0. The largest absolute Gasteiger partial charge is 0.331 e. The molecule has 5 heterocycles. The Labute approximate surface area is 162 Å². The molecule has 0 saturated heterocycles. The van der Waals surface area contributed by atoms with Crippen LogP contribution in [0.4, 0.5) is 8.78 Å². The van der Waals surface area contributed by atoms with Crippen molar-refractivity contribution in [2.45, 2.75) is 25.9 Å². The smallest absolute Gasteiger partial charge is 0.255 e. The number of nitrogens with zero attached hydrogens (tertiary/aromatic N) is 4. The average Bonchev–Trinajstić information content (AvgIpc) is 3.38. The second kappa shape index (κ2) is 6.23. The van der Waals surface area contributed by atoms with Gasteiger partial charge in [0.25, 0.3) is 5.91 Å². The first-order valence-electron chi connectivity index (χ1n) is 8.73. The average molecular weight is 399 g/mol. The number of amides is 1. The molecule has 0 aliphatic carbocycles. The van der Waals surface area contributed by atoms with Crippen LogP contribution in [0.1, 0.15) is 28.5 Å². The second-order valence-corrected chi connectivity index (χ2v) is 7.64. The summed E-state index contributed by atoms with van der Waals surface area (Å²) in [6.07, 6.45) is 3.25. The van der Waals surface area contributed by atoms with Gasteiger partial charge in [-0.2, -0.15) is 5.10 Å². The van der Waals surface area contributed by atoms with Gasteiger partial charge < -0.3 is 9.30 Å². The SMILES string of the molecule is CC1Cc2[nH]nc(-c3cscn3)c2CN1C(=O)c1cc2c(F)cc(F)cn2c1. The minimum absolute atomic E-state index is 0.0617. The summed E-state index contributed by atoms with van der Waals surface area (Å²) in [5.41, 5.74) is 5.69. The van der Waals surface area contributed by atoms with Crippen LogP contribution >= 0.6 is 11.3 Å². The zero-order valence-electron chi connectivity index (χ0n) is 14.8. The van der Waals surface area contributed by atoms with Crippen LogP contribution in [-0.2, 0) is 13.0 Å². The van der Waals surface area contributed by atoms with Crippen LogP contribution in [0.5, 0.6) is 0 Å². The van der Waals surface area contributed by atoms with Crippen LogP contribution in [0.15, 0.2) is 35.4 Å². The number of halogens is 2. The van der Waals surface area contributed by atoms with Crippen molar-refractivity contribution in [3.05, 3.63) is 63.9 Å². The maximum absolute atomic E-state index is 14.0. The molecule has 0 fully saturated rings. The normalized spacial score (nSPS) is 16.5. The molecule has 142 valence electrons. The number of carbonyl (C=O) groups excluding carboxylic acids is 1. The van der Waals surface area contributed by atoms with Gasteiger partial charge in [0, 0.05) is 47.6 Å². The molecule has 1 N–H and O–H groups in total. The quantitative estimate of drug-likeness (QED) is 0.560. The Morgan fingerprint density at radius 3 is 2.96 bits per heavy atom. The van der Waals surface area contributed by atoms with Crippen LogP contribution < -0.4 is 0 Å². The number of hydrogen-bond acceptors (Lipinski definition) is 4. The van der Waals surface area contributed by atoms with Crippen LogP contribution in [0.2, 0.25) is 0 Å². The predicted molar refractivity (Wildman–Crippen MR) is 100 cm³/mol. The van der Waals surface area contributed by atoms with Crippen molar-refractivity contribution in [2.24, 2.45) is 0 Å². The van der Waals surface area contributed by atoms with Gasteiger partial charge in [0.2, 0.25) is 0 Å². The van der Waals surface area contributed by atoms with Crippen LogP contribution in [-0.4, -0.2) is 36.4 Å². The van der Waals surface area contributed by atoms with Crippen molar-refractivity contribution in [1.82, 2.24) is 24.5 Å². The van der Waals surface area contributed by atoms with E-state index in [2.05, 4.69) is 15.2 Å². The van der Waals surface area contributed by atoms with Gasteiger partial charge in [-0.1, -0.05) is 0 Å². The summed E-state index contributed by atoms with van der Waals surface area (Å²) in [5, 5.41) is 9.36. The Hall–Kier alpha value is -3.07. The Balaban J connectivity index is 1.51. The number of rotatable bonds is 2. The van der Waals surface area contributed by atoms with Gasteiger partial charge in [-0.15, -0.1) is 11.3 Å². The monoisotopic (exact) mass is 399 g/mol. The van der Waals surface area contributed by atoms with E-state index in [1.54, 1.807) is 10.4 Å². The number of H-pyrrole nitrogens is 1. The van der Waals surface area contributed by atoms with E-state index < -0.39 is 11.6 Å². The molecule has 1 aliphatic heterocycles. The van der Waals surface area contributed by atoms with Crippen molar-refractivity contribution < 1.29 is 13.6 Å². The van der Waals surface area contributed by atoms with E-state index in [1.807, 2.05) is 12.3 Å². The third-order valence-electron chi connectivity index (χ3n) is 5.12. The maximum Gasteiger partial charge on any atom is 0.255 e. The lowest BCUT2D eigenvalue weighted by Gasteiger charge is -2.33. The van der Waals surface area contributed by atoms with Crippen molar-refractivity contribution >= 4 is 22.8 Å². The van der Waals surface area contributed by atoms with Crippen molar-refractivity contribution in [3.8, 4) is 11.4 Å². The highest BCUT2D eigenvalue weighted by Gasteiger charge is 2.32. The fourth-order valence-corrected chi connectivity index (χ4v) is 4.25. The fourth-order valence-electron chi connectivity index (χ4n) is 3.71. The van der Waals surface area contributed by atoms with Gasteiger partial charge in [-0.05, 0) is 13.0 Å². The predicted octanol–water partition coefficient (Wildman–Crippen LogP) is 3.65. The van der Waals surface area contributed by atoms with Gasteiger partial charge in [0.15, 0.2) is 0 Å². The summed E-state index contributed by atoms with van der Waals surface area (Å²) < 4.78 is 28.8. The third kappa shape index (κ3) is 2.62. The number of thiazole rings is 1. The molecule has 6 nitrogen and oxygen atoms in total. The van der Waals surface area contributed by atoms with Crippen molar-refractivity contribution in [3.63, 3.8) is 0 Å². The van der Waals surface area contributed by atoms with Crippen LogP contribution in [0, 0.1) is 11.6 Å². The molecule has 1 aliphatic rings. The Bertz CT molecular complexity index is 1200. The standard InChI is InChI=1S/C19H15F2N5OS/c1-10-2-15-13(18(24-23-15)16-8-28-9-22-16)7-26(10)19(27)11-3-17-14(21)4-12(20)6-25(17)5-11/h3-6,8-10H,2,7H2,1H3,(H,23,24). The number of fused-ring (bicyclic) bond motifs is 2. The molecule has 0 radical (unpaired) electrons. The Morgan fingerprint density at radius 2 is 2.18 bits per heavy atom. The molecule has 1 atom stereocenters. The zero-order chi connectivity index (χ0) is 19.4. The van der Waals surface area contributed by atoms with E-state index in [-0.39, 0.29) is 17.5 Å². The Morgan fingerprint density at radius 1 is 1.32 bits per heavy atom. The molecule has 4 aromatic rings. The van der Waals surface area contributed by atoms with E-state index in [4.69, 9.17) is 0 Å². The van der Waals surface area contributed by atoms with E-state index in [1.165, 1.54) is 28.0 Å². The highest BCUT2D eigenvalue weighted by atomic mass is 32.1. The minimum atomic E-state index is -0.700. The molecule has 1 unspecified atom stereocenters. The molecule has 0 spiro atoms. The second-order valence-electron chi connectivity index (χ2n) is 6.92. The summed E-state index contributed by atoms with van der Waals surface area (Å²) in [6.45, 7) is 2.34. The molecule has 9 heteroatoms. The van der Waals surface area contributed by atoms with Gasteiger partial charge in [0.05, 0.1) is 23.1 Å². The molecule has 4 aromatic heterocycles. The summed E-state index contributed by atoms with van der Waals surface area (Å²) in [6, 6.07) is 2.20. The van der Waals surface area contributed by atoms with Crippen molar-refractivity contribution in [1.29, 1.82) is 0 Å². The first kappa shape index (κ1) is 17.1. The molecule has 28 heavy (non-hydrogen) atoms. The van der Waals surface area contributed by atoms with Gasteiger partial charge in [-0.25, -0.2) is 13.8 Å². The summed E-state index contributed by atoms with van der Waals surface area (Å²) >= 11 is 1.48. The summed E-state index contributed by atoms with van der Waals surface area (Å²) in [7, 11) is 0. The molecule has 0 bridgehead atoms. The zero-order valence-corrected chi connectivity index (χ0v) is 15.6. The number of carbonyl (C=O) groups is 1. The lowest BCUT2D eigenvalue weighted by Crippen LogP contribution is -2.42. The fraction of sp³-hybridized carbons (Fsp3) is 0.211. The lowest BCUT2D eigenvalue weighted by molar-refractivity contribution is 0.0658. The van der Waals surface area contributed by atoms with Gasteiger partial charge >= 0.3 is 0 Å². The first-order chi connectivity index (χ1) is 13.5. The molecule has 5 rings (SSSR count). The topological polar surface area (TPSA) is 66.3 Å². The highest BCUT2D eigenvalue weighted by molar-refractivity contribution is 7.07. The number of pyridine rings is 1. The first-order valence-corrected chi connectivity index (χ1v) is 9.68. The van der Waals surface area contributed by atoms with Crippen LogP contribution in [0.25, 0.3) is 16.9 Å². The molecule has 0 saturated carbocycles. The molecule has 0 aromatic carbocycles. The lowest BCUT2D eigenvalue weighted by atomic mass is 9.98. The highest BCUT2D eigenvalue weighted by Crippen LogP contribution is 2.31. The number of aromatic amines is 1. The molecule has 1 amide bonds. The van der Waals surface area contributed by atoms with E-state index >= 15 is 0 Å². The molecular weight excluding hydrogens is 384 g/mol. The molecular formula is C19H15F2N5OS. The Kier molecular flexibility index (Phi) is 3.80.